The van der Waals surface area contributed by atoms with E-state index in [4.69, 9.17) is 4.98 Å². The fraction of sp³-hybridized carbons (Fsp3) is 0.545. The number of aromatic nitrogens is 2. The molecule has 1 aliphatic rings. The summed E-state index contributed by atoms with van der Waals surface area (Å²) >= 11 is 5.28. The summed E-state index contributed by atoms with van der Waals surface area (Å²) in [5.41, 5.74) is 1.29. The number of anilines is 1. The van der Waals surface area contributed by atoms with Crippen molar-refractivity contribution in [3.8, 4) is 0 Å². The highest BCUT2D eigenvalue weighted by Gasteiger charge is 2.19. The number of rotatable bonds is 2. The number of thiazole rings is 1. The first kappa shape index (κ1) is 10.6. The molecule has 16 heavy (non-hydrogen) atoms. The second-order valence-corrected chi connectivity index (χ2v) is 5.55. The maximum absolute atomic E-state index is 4.74. The van der Waals surface area contributed by atoms with E-state index in [1.807, 2.05) is 0 Å². The molecule has 1 saturated heterocycles. The highest BCUT2D eigenvalue weighted by atomic mass is 79.9. The van der Waals surface area contributed by atoms with Crippen molar-refractivity contribution in [2.45, 2.75) is 24.6 Å². The predicted octanol–water partition coefficient (Wildman–Crippen LogP) is 3.28. The summed E-state index contributed by atoms with van der Waals surface area (Å²) in [5.74, 6) is 1.18. The minimum Gasteiger partial charge on any atom is -0.355 e. The van der Waals surface area contributed by atoms with Crippen molar-refractivity contribution in [3.05, 3.63) is 17.3 Å². The molecular weight excluding hydrogens is 286 g/mol. The van der Waals surface area contributed by atoms with E-state index in [-0.39, 0.29) is 0 Å². The number of hydrogen-bond donors (Lipinski definition) is 0. The van der Waals surface area contributed by atoms with Crippen LogP contribution in [-0.4, -0.2) is 22.5 Å². The standard InChI is InChI=1S/C11H14BrN3S/c12-8-9-10(14-4-2-1-3-5-14)13-11-15(9)6-7-16-11/h6-7H,1-5,8H2. The van der Waals surface area contributed by atoms with Gasteiger partial charge < -0.3 is 4.90 Å². The van der Waals surface area contributed by atoms with E-state index in [1.165, 1.54) is 30.8 Å². The quantitative estimate of drug-likeness (QED) is 0.793. The van der Waals surface area contributed by atoms with Crippen molar-refractivity contribution in [2.75, 3.05) is 18.0 Å². The summed E-state index contributed by atoms with van der Waals surface area (Å²) in [5, 5.41) is 2.96. The lowest BCUT2D eigenvalue weighted by molar-refractivity contribution is 0.573. The molecule has 3 heterocycles. The molecule has 0 spiro atoms. The molecule has 3 nitrogen and oxygen atoms in total. The van der Waals surface area contributed by atoms with E-state index in [1.54, 1.807) is 11.3 Å². The van der Waals surface area contributed by atoms with Gasteiger partial charge >= 0.3 is 0 Å². The molecule has 0 bridgehead atoms. The monoisotopic (exact) mass is 299 g/mol. The second kappa shape index (κ2) is 4.37. The van der Waals surface area contributed by atoms with Crippen LogP contribution in [0.2, 0.25) is 0 Å². The summed E-state index contributed by atoms with van der Waals surface area (Å²) in [6.45, 7) is 2.32. The van der Waals surface area contributed by atoms with Gasteiger partial charge in [-0.3, -0.25) is 4.40 Å². The van der Waals surface area contributed by atoms with Gasteiger partial charge in [-0.2, -0.15) is 0 Å². The van der Waals surface area contributed by atoms with Gasteiger partial charge in [0.15, 0.2) is 10.8 Å². The summed E-state index contributed by atoms with van der Waals surface area (Å²) in [6, 6.07) is 0. The normalized spacial score (nSPS) is 17.2. The van der Waals surface area contributed by atoms with E-state index in [9.17, 15) is 0 Å². The molecule has 5 heteroatoms. The van der Waals surface area contributed by atoms with Crippen molar-refractivity contribution in [1.29, 1.82) is 0 Å². The first-order valence-corrected chi connectivity index (χ1v) is 7.65. The Kier molecular flexibility index (Phi) is 2.90. The molecule has 2 aromatic rings. The topological polar surface area (TPSA) is 20.5 Å². The lowest BCUT2D eigenvalue weighted by Crippen LogP contribution is -2.30. The first-order valence-electron chi connectivity index (χ1n) is 5.65. The van der Waals surface area contributed by atoms with Crippen LogP contribution < -0.4 is 4.90 Å². The van der Waals surface area contributed by atoms with Crippen LogP contribution in [0.4, 0.5) is 5.82 Å². The lowest BCUT2D eigenvalue weighted by Gasteiger charge is -2.27. The minimum atomic E-state index is 0.872. The third kappa shape index (κ3) is 1.66. The van der Waals surface area contributed by atoms with Crippen LogP contribution in [0.1, 0.15) is 25.0 Å². The average molecular weight is 300 g/mol. The molecule has 0 unspecified atom stereocenters. The number of fused-ring (bicyclic) bond motifs is 1. The van der Waals surface area contributed by atoms with Crippen LogP contribution in [0, 0.1) is 0 Å². The maximum Gasteiger partial charge on any atom is 0.195 e. The number of halogens is 1. The van der Waals surface area contributed by atoms with E-state index >= 15 is 0 Å². The highest BCUT2D eigenvalue weighted by Crippen LogP contribution is 2.28. The van der Waals surface area contributed by atoms with Gasteiger partial charge in [0.2, 0.25) is 0 Å². The van der Waals surface area contributed by atoms with Crippen molar-refractivity contribution < 1.29 is 0 Å². The molecule has 2 aromatic heterocycles. The predicted molar refractivity (Wildman–Crippen MR) is 71.8 cm³/mol. The Morgan fingerprint density at radius 3 is 2.88 bits per heavy atom. The molecular formula is C11H14BrN3S. The Morgan fingerprint density at radius 2 is 2.12 bits per heavy atom. The summed E-state index contributed by atoms with van der Waals surface area (Å²) in [4.78, 5) is 8.28. The second-order valence-electron chi connectivity index (χ2n) is 4.12. The number of hydrogen-bond acceptors (Lipinski definition) is 3. The number of nitrogens with zero attached hydrogens (tertiary/aromatic N) is 3. The van der Waals surface area contributed by atoms with Crippen molar-refractivity contribution in [2.24, 2.45) is 0 Å². The lowest BCUT2D eigenvalue weighted by atomic mass is 10.1. The molecule has 1 fully saturated rings. The van der Waals surface area contributed by atoms with Crippen LogP contribution in [0.3, 0.4) is 0 Å². The molecule has 3 rings (SSSR count). The molecule has 0 saturated carbocycles. The Bertz CT molecular complexity index is 484. The van der Waals surface area contributed by atoms with E-state index < -0.39 is 0 Å². The number of piperidine rings is 1. The third-order valence-corrected chi connectivity index (χ3v) is 4.41. The Labute approximate surface area is 107 Å². The van der Waals surface area contributed by atoms with E-state index in [2.05, 4.69) is 36.8 Å². The average Bonchev–Trinajstić information content (AvgIpc) is 2.89. The molecule has 0 atom stereocenters. The van der Waals surface area contributed by atoms with Gasteiger partial charge in [-0.05, 0) is 19.3 Å². The van der Waals surface area contributed by atoms with Gasteiger partial charge in [0.05, 0.1) is 5.69 Å². The fourth-order valence-corrected chi connectivity index (χ4v) is 3.55. The fourth-order valence-electron chi connectivity index (χ4n) is 2.30. The number of alkyl halides is 1. The van der Waals surface area contributed by atoms with Gasteiger partial charge in [-0.1, -0.05) is 15.9 Å². The van der Waals surface area contributed by atoms with E-state index in [0.29, 0.717) is 0 Å². The van der Waals surface area contributed by atoms with Gasteiger partial charge in [-0.25, -0.2) is 4.98 Å². The largest absolute Gasteiger partial charge is 0.355 e. The van der Waals surface area contributed by atoms with Crippen molar-refractivity contribution in [3.63, 3.8) is 0 Å². The summed E-state index contributed by atoms with van der Waals surface area (Å²) < 4.78 is 2.20. The van der Waals surface area contributed by atoms with Crippen LogP contribution in [0.15, 0.2) is 11.6 Å². The number of imidazole rings is 1. The maximum atomic E-state index is 4.74. The minimum absolute atomic E-state index is 0.872. The Morgan fingerprint density at radius 1 is 1.31 bits per heavy atom. The Hall–Kier alpha value is -0.550. The zero-order valence-corrected chi connectivity index (χ0v) is 11.4. The van der Waals surface area contributed by atoms with Crippen molar-refractivity contribution >= 4 is 38.0 Å². The van der Waals surface area contributed by atoms with E-state index in [0.717, 1.165) is 23.4 Å². The zero-order chi connectivity index (χ0) is 11.0. The molecule has 1 aliphatic heterocycles. The smallest absolute Gasteiger partial charge is 0.195 e. The molecule has 0 aromatic carbocycles. The summed E-state index contributed by atoms with van der Waals surface area (Å²) in [6.07, 6.45) is 6.07. The zero-order valence-electron chi connectivity index (χ0n) is 9.03. The van der Waals surface area contributed by atoms with Crippen LogP contribution in [0.5, 0.6) is 0 Å². The van der Waals surface area contributed by atoms with Crippen LogP contribution in [-0.2, 0) is 5.33 Å². The Balaban J connectivity index is 2.03. The van der Waals surface area contributed by atoms with Crippen LogP contribution in [0.25, 0.3) is 4.96 Å². The molecule has 0 radical (unpaired) electrons. The van der Waals surface area contributed by atoms with Crippen LogP contribution >= 0.6 is 27.3 Å². The molecule has 86 valence electrons. The SMILES string of the molecule is BrCc1c(N2CCCCC2)nc2sccn12. The van der Waals surface area contributed by atoms with Gasteiger partial charge in [0, 0.05) is 30.0 Å². The van der Waals surface area contributed by atoms with Gasteiger partial charge in [0.1, 0.15) is 0 Å². The van der Waals surface area contributed by atoms with Gasteiger partial charge in [-0.15, -0.1) is 11.3 Å². The van der Waals surface area contributed by atoms with Gasteiger partial charge in [0.25, 0.3) is 0 Å². The summed E-state index contributed by atoms with van der Waals surface area (Å²) in [7, 11) is 0. The third-order valence-electron chi connectivity index (χ3n) is 3.12. The molecule has 0 N–H and O–H groups in total. The first-order chi connectivity index (χ1) is 7.90. The highest BCUT2D eigenvalue weighted by molar-refractivity contribution is 9.08. The molecule has 0 aliphatic carbocycles. The molecule has 0 amide bonds. The van der Waals surface area contributed by atoms with Crippen molar-refractivity contribution in [1.82, 2.24) is 9.38 Å².